The van der Waals surface area contributed by atoms with Crippen molar-refractivity contribution in [3.63, 3.8) is 0 Å². The molecular formula is C34H30ClN3O5S. The van der Waals surface area contributed by atoms with Crippen LogP contribution in [-0.2, 0) is 16.1 Å². The highest BCUT2D eigenvalue weighted by molar-refractivity contribution is 7.07. The van der Waals surface area contributed by atoms with Crippen LogP contribution in [0, 0.1) is 0 Å². The van der Waals surface area contributed by atoms with E-state index in [0.29, 0.717) is 51.2 Å². The molecule has 8 nitrogen and oxygen atoms in total. The first-order valence-corrected chi connectivity index (χ1v) is 15.4. The number of carbonyl (C=O) groups is 1. The van der Waals surface area contributed by atoms with Gasteiger partial charge in [0, 0.05) is 40.4 Å². The molecule has 0 radical (unpaired) electrons. The molecule has 1 aliphatic heterocycles. The second kappa shape index (κ2) is 12.6. The Hall–Kier alpha value is -4.60. The minimum absolute atomic E-state index is 0.246. The van der Waals surface area contributed by atoms with Crippen molar-refractivity contribution < 1.29 is 19.0 Å². The summed E-state index contributed by atoms with van der Waals surface area (Å²) in [6, 6.07) is 20.5. The number of thiazole rings is 1. The molecule has 44 heavy (non-hydrogen) atoms. The normalized spacial score (nSPS) is 14.6. The Balaban J connectivity index is 1.49. The van der Waals surface area contributed by atoms with Gasteiger partial charge in [0.25, 0.3) is 5.56 Å². The molecule has 0 saturated carbocycles. The molecule has 0 amide bonds. The van der Waals surface area contributed by atoms with E-state index in [1.54, 1.807) is 10.6 Å². The number of esters is 1. The lowest BCUT2D eigenvalue weighted by atomic mass is 9.97. The number of para-hydroxylation sites is 1. The van der Waals surface area contributed by atoms with Gasteiger partial charge < -0.3 is 18.8 Å². The third-order valence-corrected chi connectivity index (χ3v) is 8.59. The number of carbonyl (C=O) groups excluding carboxylic acids is 1. The highest BCUT2D eigenvalue weighted by atomic mass is 35.5. The maximum absolute atomic E-state index is 14.1. The van der Waals surface area contributed by atoms with Crippen LogP contribution in [0.25, 0.3) is 17.0 Å². The molecule has 0 fully saturated rings. The Morgan fingerprint density at radius 2 is 1.82 bits per heavy atom. The van der Waals surface area contributed by atoms with Crippen LogP contribution in [0.3, 0.4) is 0 Å². The van der Waals surface area contributed by atoms with Gasteiger partial charge in [-0.1, -0.05) is 59.3 Å². The molecule has 0 unspecified atom stereocenters. The standard InChI is InChI=1S/C34H30ClN3O5S/c1-4-42-28-14-13-22(16-29(28)43-5-2)31-26(33(40)41-3)18-36-34-38(31)32(39)30(44-34)17-23-20-37(27-12-7-6-11-25(23)27)19-21-9-8-10-24(35)15-21/h6-18,20,31H,4-5,19H2,1-3H3/b30-17+/t31-/m0/s1. The summed E-state index contributed by atoms with van der Waals surface area (Å²) in [5.41, 5.74) is 3.67. The second-order valence-corrected chi connectivity index (χ2v) is 11.6. The fourth-order valence-corrected chi connectivity index (χ4v) is 6.65. The number of hydrogen-bond donors (Lipinski definition) is 0. The molecule has 10 heteroatoms. The van der Waals surface area contributed by atoms with Crippen molar-refractivity contribution in [2.24, 2.45) is 4.99 Å². The molecule has 0 N–H and O–H groups in total. The van der Waals surface area contributed by atoms with Crippen LogP contribution in [0.1, 0.15) is 36.6 Å². The summed E-state index contributed by atoms with van der Waals surface area (Å²) in [5, 5.41) is 1.70. The largest absolute Gasteiger partial charge is 0.490 e. The Morgan fingerprint density at radius 3 is 2.59 bits per heavy atom. The van der Waals surface area contributed by atoms with Crippen molar-refractivity contribution in [1.82, 2.24) is 9.13 Å². The first-order chi connectivity index (χ1) is 21.4. The van der Waals surface area contributed by atoms with Gasteiger partial charge in [0.15, 0.2) is 16.3 Å². The number of nitrogens with zero attached hydrogens (tertiary/aromatic N) is 3. The number of fused-ring (bicyclic) bond motifs is 2. The summed E-state index contributed by atoms with van der Waals surface area (Å²) in [4.78, 5) is 32.1. The van der Waals surface area contributed by atoms with E-state index >= 15 is 0 Å². The number of methoxy groups -OCH3 is 1. The van der Waals surface area contributed by atoms with E-state index in [1.165, 1.54) is 24.6 Å². The number of aromatic nitrogens is 2. The molecule has 0 bridgehead atoms. The first kappa shape index (κ1) is 29.5. The molecule has 3 aromatic carbocycles. The van der Waals surface area contributed by atoms with Crippen LogP contribution >= 0.6 is 22.9 Å². The fourth-order valence-electron chi connectivity index (χ4n) is 5.48. The van der Waals surface area contributed by atoms with E-state index in [4.69, 9.17) is 25.8 Å². The summed E-state index contributed by atoms with van der Waals surface area (Å²) in [7, 11) is 1.31. The lowest BCUT2D eigenvalue weighted by Crippen LogP contribution is -2.39. The van der Waals surface area contributed by atoms with Gasteiger partial charge in [-0.05, 0) is 61.4 Å². The van der Waals surface area contributed by atoms with Crippen LogP contribution in [0.15, 0.2) is 94.5 Å². The van der Waals surface area contributed by atoms with Gasteiger partial charge in [-0.2, -0.15) is 0 Å². The SMILES string of the molecule is CCOc1ccc([C@H]2C(C(=O)OC)=CN=c3s/c(=C/c4cn(Cc5cccc(Cl)c5)c5ccccc45)c(=O)n32)cc1OCC. The smallest absolute Gasteiger partial charge is 0.337 e. The van der Waals surface area contributed by atoms with E-state index in [0.717, 1.165) is 22.0 Å². The van der Waals surface area contributed by atoms with Gasteiger partial charge in [-0.25, -0.2) is 9.79 Å². The van der Waals surface area contributed by atoms with Gasteiger partial charge in [0.2, 0.25) is 0 Å². The minimum atomic E-state index is -0.764. The number of hydrogen-bond acceptors (Lipinski definition) is 7. The average molecular weight is 628 g/mol. The molecular weight excluding hydrogens is 598 g/mol. The molecule has 2 aromatic heterocycles. The highest BCUT2D eigenvalue weighted by Crippen LogP contribution is 2.35. The molecule has 1 atom stereocenters. The zero-order chi connectivity index (χ0) is 30.8. The summed E-state index contributed by atoms with van der Waals surface area (Å²) in [5.74, 6) is 0.551. The van der Waals surface area contributed by atoms with Gasteiger partial charge >= 0.3 is 5.97 Å². The first-order valence-electron chi connectivity index (χ1n) is 14.2. The molecule has 5 aromatic rings. The van der Waals surface area contributed by atoms with Crippen molar-refractivity contribution in [3.05, 3.63) is 126 Å². The third kappa shape index (κ3) is 5.56. The Morgan fingerprint density at radius 1 is 1.02 bits per heavy atom. The molecule has 0 spiro atoms. The molecule has 0 aliphatic carbocycles. The topological polar surface area (TPSA) is 84.0 Å². The molecule has 6 rings (SSSR count). The molecule has 3 heterocycles. The summed E-state index contributed by atoms with van der Waals surface area (Å²) >= 11 is 7.52. The zero-order valence-corrected chi connectivity index (χ0v) is 26.0. The van der Waals surface area contributed by atoms with E-state index in [1.807, 2.05) is 80.7 Å². The van der Waals surface area contributed by atoms with E-state index in [2.05, 4.69) is 15.6 Å². The molecule has 224 valence electrons. The lowest BCUT2D eigenvalue weighted by Gasteiger charge is -2.23. The average Bonchev–Trinajstić information content (AvgIpc) is 3.54. The lowest BCUT2D eigenvalue weighted by molar-refractivity contribution is -0.136. The Labute approximate surface area is 262 Å². The van der Waals surface area contributed by atoms with Crippen LogP contribution in [-0.4, -0.2) is 35.4 Å². The fraction of sp³-hybridized carbons (Fsp3) is 0.206. The quantitative estimate of drug-likeness (QED) is 0.202. The Bertz CT molecular complexity index is 2090. The molecule has 1 aliphatic rings. The van der Waals surface area contributed by atoms with Crippen molar-refractivity contribution in [2.45, 2.75) is 26.4 Å². The van der Waals surface area contributed by atoms with Crippen molar-refractivity contribution in [2.75, 3.05) is 20.3 Å². The van der Waals surface area contributed by atoms with Gasteiger partial charge in [0.1, 0.15) is 0 Å². The van der Waals surface area contributed by atoms with Crippen molar-refractivity contribution in [3.8, 4) is 11.5 Å². The summed E-state index contributed by atoms with van der Waals surface area (Å²) < 4.78 is 20.9. The number of benzene rings is 3. The highest BCUT2D eigenvalue weighted by Gasteiger charge is 2.31. The van der Waals surface area contributed by atoms with Crippen LogP contribution < -0.4 is 24.4 Å². The second-order valence-electron chi connectivity index (χ2n) is 10.1. The van der Waals surface area contributed by atoms with E-state index in [9.17, 15) is 9.59 Å². The van der Waals surface area contributed by atoms with Crippen molar-refractivity contribution >= 4 is 45.9 Å². The van der Waals surface area contributed by atoms with Crippen LogP contribution in [0.4, 0.5) is 0 Å². The predicted molar refractivity (Wildman–Crippen MR) is 172 cm³/mol. The number of rotatable bonds is 9. The molecule has 0 saturated heterocycles. The maximum Gasteiger partial charge on any atom is 0.337 e. The van der Waals surface area contributed by atoms with E-state index < -0.39 is 12.0 Å². The van der Waals surface area contributed by atoms with Gasteiger partial charge in [0.05, 0.1) is 36.5 Å². The zero-order valence-electron chi connectivity index (χ0n) is 24.5. The maximum atomic E-state index is 14.1. The monoisotopic (exact) mass is 627 g/mol. The summed E-state index contributed by atoms with van der Waals surface area (Å²) in [6.07, 6.45) is 5.42. The predicted octanol–water partition coefficient (Wildman–Crippen LogP) is 5.47. The minimum Gasteiger partial charge on any atom is -0.490 e. The van der Waals surface area contributed by atoms with E-state index in [-0.39, 0.29) is 11.1 Å². The number of ether oxygens (including phenoxy) is 3. The van der Waals surface area contributed by atoms with Crippen LogP contribution in [0.5, 0.6) is 11.5 Å². The van der Waals surface area contributed by atoms with Crippen molar-refractivity contribution in [1.29, 1.82) is 0 Å². The van der Waals surface area contributed by atoms with Gasteiger partial charge in [-0.3, -0.25) is 9.36 Å². The third-order valence-electron chi connectivity index (χ3n) is 7.36. The van der Waals surface area contributed by atoms with Gasteiger partial charge in [-0.15, -0.1) is 0 Å². The van der Waals surface area contributed by atoms with Crippen LogP contribution in [0.2, 0.25) is 5.02 Å². The summed E-state index contributed by atoms with van der Waals surface area (Å²) in [6.45, 7) is 5.30. The Kier molecular flexibility index (Phi) is 8.41. The number of halogens is 1.